The summed E-state index contributed by atoms with van der Waals surface area (Å²) in [5, 5.41) is 72.3. The highest BCUT2D eigenvalue weighted by atomic mass is 16.7. The topological polar surface area (TPSA) is 214 Å². The smallest absolute Gasteiger partial charge is 0.306 e. The number of carbonyl (C=O) groups excluding carboxylic acids is 1. The van der Waals surface area contributed by atoms with Crippen LogP contribution in [0.25, 0.3) is 0 Å². The van der Waals surface area contributed by atoms with Gasteiger partial charge in [0.2, 0.25) is 0 Å². The first-order valence-electron chi connectivity index (χ1n) is 28.8. The van der Waals surface area contributed by atoms with E-state index in [1.807, 2.05) is 0 Å². The predicted molar refractivity (Wildman–Crippen MR) is 275 cm³/mol. The Hall–Kier alpha value is -1.27. The Balaban J connectivity index is 1.71. The highest BCUT2D eigenvalue weighted by Crippen LogP contribution is 2.27. The number of ether oxygens (including phenoxy) is 6. The van der Waals surface area contributed by atoms with E-state index in [2.05, 4.69) is 26.0 Å². The van der Waals surface area contributed by atoms with Crippen LogP contribution in [-0.2, 0) is 33.2 Å². The molecule has 0 aromatic rings. The minimum Gasteiger partial charge on any atom is -0.457 e. The van der Waals surface area contributed by atoms with Crippen LogP contribution < -0.4 is 0 Å². The lowest BCUT2D eigenvalue weighted by Crippen LogP contribution is -2.61. The van der Waals surface area contributed by atoms with E-state index in [9.17, 15) is 40.5 Å². The van der Waals surface area contributed by atoms with E-state index in [0.29, 0.717) is 13.0 Å². The molecule has 11 unspecified atom stereocenters. The monoisotopic (exact) mass is 1000 g/mol. The van der Waals surface area contributed by atoms with Crippen LogP contribution >= 0.6 is 0 Å². The standard InChI is InChI=1S/C56H106O14/c1-3-5-7-9-11-13-15-17-19-20-21-22-23-24-26-28-30-32-34-36-38-40-65-42-45(68-48(58)39-37-35-33-31-29-27-25-18-16-14-12-10-8-6-4-2)43-66-55-54(64)52(62)50(60)47(70-55)44-67-56-53(63)51(61)49(59)46(41-57)69-56/h18,25,45-47,49-57,59-64H,3-17,19-24,26-44H2,1-2H3/b25-18-. The molecular weight excluding hydrogens is 897 g/mol. The zero-order valence-corrected chi connectivity index (χ0v) is 44.3. The average Bonchev–Trinajstić information content (AvgIpc) is 3.36. The number of hydrogen-bond acceptors (Lipinski definition) is 14. The first-order valence-corrected chi connectivity index (χ1v) is 28.8. The Morgan fingerprint density at radius 1 is 0.457 bits per heavy atom. The number of aliphatic hydroxyl groups is 7. The van der Waals surface area contributed by atoms with E-state index in [1.165, 1.54) is 154 Å². The Bertz CT molecular complexity index is 1210. The molecule has 0 saturated carbocycles. The molecule has 0 aromatic carbocycles. The fraction of sp³-hybridized carbons (Fsp3) is 0.946. The molecule has 2 rings (SSSR count). The highest BCUT2D eigenvalue weighted by molar-refractivity contribution is 5.69. The first-order chi connectivity index (χ1) is 34.1. The molecule has 14 nitrogen and oxygen atoms in total. The molecule has 7 N–H and O–H groups in total. The second-order valence-corrected chi connectivity index (χ2v) is 20.5. The Kier molecular flexibility index (Phi) is 40.8. The summed E-state index contributed by atoms with van der Waals surface area (Å²) in [5.41, 5.74) is 0. The van der Waals surface area contributed by atoms with Gasteiger partial charge in [0.15, 0.2) is 12.6 Å². The lowest BCUT2D eigenvalue weighted by Gasteiger charge is -2.42. The van der Waals surface area contributed by atoms with Gasteiger partial charge in [-0.25, -0.2) is 0 Å². The molecule has 414 valence electrons. The summed E-state index contributed by atoms with van der Waals surface area (Å²) in [4.78, 5) is 13.0. The first kappa shape index (κ1) is 64.8. The van der Waals surface area contributed by atoms with Gasteiger partial charge in [-0.2, -0.15) is 0 Å². The van der Waals surface area contributed by atoms with Gasteiger partial charge in [-0.1, -0.05) is 206 Å². The Labute approximate surface area is 425 Å². The molecule has 2 heterocycles. The molecule has 0 bridgehead atoms. The molecule has 2 aliphatic rings. The SMILES string of the molecule is CCCCCCCC/C=C\CCCCCCCC(=O)OC(COCCCCCCCCCCCCCCCCCCCCCCC)COC1OC(COC2OC(CO)C(O)C(O)C2O)C(O)C(O)C1O. The normalized spacial score (nSPS) is 25.5. The number of allylic oxidation sites excluding steroid dienone is 2. The zero-order chi connectivity index (χ0) is 50.9. The maximum atomic E-state index is 13.0. The molecule has 0 aliphatic carbocycles. The van der Waals surface area contributed by atoms with Crippen molar-refractivity contribution in [2.24, 2.45) is 0 Å². The minimum atomic E-state index is -1.70. The molecule has 2 fully saturated rings. The quantitative estimate of drug-likeness (QED) is 0.0172. The van der Waals surface area contributed by atoms with Gasteiger partial charge in [-0.15, -0.1) is 0 Å². The summed E-state index contributed by atoms with van der Waals surface area (Å²) in [5.74, 6) is -0.379. The lowest BCUT2D eigenvalue weighted by molar-refractivity contribution is -0.332. The van der Waals surface area contributed by atoms with Crippen molar-refractivity contribution in [2.45, 2.75) is 306 Å². The third kappa shape index (κ3) is 30.8. The minimum absolute atomic E-state index is 0.0644. The summed E-state index contributed by atoms with van der Waals surface area (Å²) in [6.07, 6.45) is 31.3. The van der Waals surface area contributed by atoms with E-state index in [-0.39, 0.29) is 25.6 Å². The summed E-state index contributed by atoms with van der Waals surface area (Å²) in [6, 6.07) is 0. The number of aliphatic hydroxyl groups excluding tert-OH is 7. The van der Waals surface area contributed by atoms with Crippen LogP contribution in [0.15, 0.2) is 12.2 Å². The molecule has 0 amide bonds. The number of carbonyl (C=O) groups is 1. The van der Waals surface area contributed by atoms with Crippen LogP contribution in [0.5, 0.6) is 0 Å². The van der Waals surface area contributed by atoms with Crippen LogP contribution in [-0.4, -0.2) is 142 Å². The molecule has 0 radical (unpaired) electrons. The fourth-order valence-electron chi connectivity index (χ4n) is 9.34. The van der Waals surface area contributed by atoms with Gasteiger partial charge in [0.05, 0.1) is 26.4 Å². The molecule has 0 spiro atoms. The van der Waals surface area contributed by atoms with E-state index in [4.69, 9.17) is 28.4 Å². The fourth-order valence-corrected chi connectivity index (χ4v) is 9.34. The third-order valence-electron chi connectivity index (χ3n) is 14.0. The Morgan fingerprint density at radius 2 is 0.843 bits per heavy atom. The van der Waals surface area contributed by atoms with Crippen molar-refractivity contribution in [1.29, 1.82) is 0 Å². The summed E-state index contributed by atoms with van der Waals surface area (Å²) in [7, 11) is 0. The second kappa shape index (κ2) is 44.1. The number of unbranched alkanes of at least 4 members (excludes halogenated alkanes) is 31. The van der Waals surface area contributed by atoms with Gasteiger partial charge in [-0.3, -0.25) is 4.79 Å². The van der Waals surface area contributed by atoms with Crippen LogP contribution in [0.4, 0.5) is 0 Å². The van der Waals surface area contributed by atoms with Gasteiger partial charge in [0.25, 0.3) is 0 Å². The summed E-state index contributed by atoms with van der Waals surface area (Å²) in [6.45, 7) is 3.72. The van der Waals surface area contributed by atoms with Crippen molar-refractivity contribution in [1.82, 2.24) is 0 Å². The van der Waals surface area contributed by atoms with Gasteiger partial charge in [0, 0.05) is 13.0 Å². The molecule has 0 aromatic heterocycles. The molecule has 2 aliphatic heterocycles. The van der Waals surface area contributed by atoms with Crippen molar-refractivity contribution >= 4 is 5.97 Å². The molecule has 70 heavy (non-hydrogen) atoms. The molecule has 11 atom stereocenters. The summed E-state index contributed by atoms with van der Waals surface area (Å²) < 4.78 is 34.4. The average molecular weight is 1000 g/mol. The zero-order valence-electron chi connectivity index (χ0n) is 44.3. The maximum absolute atomic E-state index is 13.0. The van der Waals surface area contributed by atoms with Crippen molar-refractivity contribution in [3.63, 3.8) is 0 Å². The number of rotatable bonds is 47. The molecule has 2 saturated heterocycles. The predicted octanol–water partition coefficient (Wildman–Crippen LogP) is 9.80. The number of esters is 1. The molecule has 14 heteroatoms. The van der Waals surface area contributed by atoms with Crippen LogP contribution in [0.2, 0.25) is 0 Å². The maximum Gasteiger partial charge on any atom is 0.306 e. The van der Waals surface area contributed by atoms with Gasteiger partial charge >= 0.3 is 5.97 Å². The van der Waals surface area contributed by atoms with Crippen molar-refractivity contribution in [3.05, 3.63) is 12.2 Å². The molecular formula is C56H106O14. The van der Waals surface area contributed by atoms with Gasteiger partial charge in [0.1, 0.15) is 54.9 Å². The van der Waals surface area contributed by atoms with E-state index in [0.717, 1.165) is 57.8 Å². The highest BCUT2D eigenvalue weighted by Gasteiger charge is 2.47. The van der Waals surface area contributed by atoms with Crippen LogP contribution in [0.3, 0.4) is 0 Å². The van der Waals surface area contributed by atoms with Gasteiger partial charge < -0.3 is 64.2 Å². The van der Waals surface area contributed by atoms with Gasteiger partial charge in [-0.05, 0) is 38.5 Å². The van der Waals surface area contributed by atoms with Crippen molar-refractivity contribution < 1.29 is 69.0 Å². The third-order valence-corrected chi connectivity index (χ3v) is 14.0. The summed E-state index contributed by atoms with van der Waals surface area (Å²) >= 11 is 0. The van der Waals surface area contributed by atoms with E-state index in [1.54, 1.807) is 0 Å². The Morgan fingerprint density at radius 3 is 1.30 bits per heavy atom. The van der Waals surface area contributed by atoms with Crippen molar-refractivity contribution in [2.75, 3.05) is 33.0 Å². The largest absolute Gasteiger partial charge is 0.457 e. The van der Waals surface area contributed by atoms with E-state index >= 15 is 0 Å². The number of hydrogen-bond donors (Lipinski definition) is 7. The van der Waals surface area contributed by atoms with Crippen molar-refractivity contribution in [3.8, 4) is 0 Å². The second-order valence-electron chi connectivity index (χ2n) is 20.5. The van der Waals surface area contributed by atoms with E-state index < -0.39 is 80.7 Å². The van der Waals surface area contributed by atoms with Crippen LogP contribution in [0.1, 0.15) is 239 Å². The lowest BCUT2D eigenvalue weighted by atomic mass is 9.98. The van der Waals surface area contributed by atoms with Crippen LogP contribution in [0, 0.1) is 0 Å².